The van der Waals surface area contributed by atoms with E-state index in [4.69, 9.17) is 6.42 Å². The maximum atomic E-state index is 5.40. The van der Waals surface area contributed by atoms with E-state index in [-0.39, 0.29) is 6.04 Å². The van der Waals surface area contributed by atoms with Gasteiger partial charge in [0.15, 0.2) is 0 Å². The van der Waals surface area contributed by atoms with E-state index in [1.54, 1.807) is 6.20 Å². The van der Waals surface area contributed by atoms with Gasteiger partial charge < -0.3 is 4.57 Å². The van der Waals surface area contributed by atoms with Crippen molar-refractivity contribution >= 4 is 0 Å². The molecule has 0 saturated carbocycles. The summed E-state index contributed by atoms with van der Waals surface area (Å²) in [6, 6.07) is 0.164. The molecule has 1 rings (SSSR count). The summed E-state index contributed by atoms with van der Waals surface area (Å²) in [7, 11) is 1.98. The number of aryl methyl sites for hydroxylation is 1. The summed E-state index contributed by atoms with van der Waals surface area (Å²) < 4.78 is 1.99. The molecular formula is C11H17N3. The minimum absolute atomic E-state index is 0.164. The summed E-state index contributed by atoms with van der Waals surface area (Å²) in [5, 5.41) is 3.29. The van der Waals surface area contributed by atoms with E-state index in [2.05, 4.69) is 23.1 Å². The largest absolute Gasteiger partial charge is 0.337 e. The minimum Gasteiger partial charge on any atom is -0.337 e. The predicted octanol–water partition coefficient (Wildman–Crippen LogP) is 1.31. The Balaban J connectivity index is 2.40. The van der Waals surface area contributed by atoms with Gasteiger partial charge in [-0.25, -0.2) is 4.98 Å². The SMILES string of the molecule is C#CC(CCC)NCc1nccn1C. The third-order valence-corrected chi connectivity index (χ3v) is 2.21. The van der Waals surface area contributed by atoms with Crippen LogP contribution in [0, 0.1) is 12.3 Å². The Bertz CT molecular complexity index is 309. The van der Waals surface area contributed by atoms with Crippen molar-refractivity contribution < 1.29 is 0 Å². The van der Waals surface area contributed by atoms with E-state index in [1.165, 1.54) is 0 Å². The van der Waals surface area contributed by atoms with Crippen LogP contribution in [-0.2, 0) is 13.6 Å². The summed E-state index contributed by atoms with van der Waals surface area (Å²) in [5.41, 5.74) is 0. The number of rotatable bonds is 5. The molecule has 3 heteroatoms. The van der Waals surface area contributed by atoms with E-state index in [0.29, 0.717) is 0 Å². The van der Waals surface area contributed by atoms with Crippen LogP contribution >= 0.6 is 0 Å². The van der Waals surface area contributed by atoms with Crippen LogP contribution in [0.25, 0.3) is 0 Å². The van der Waals surface area contributed by atoms with Gasteiger partial charge in [0, 0.05) is 19.4 Å². The van der Waals surface area contributed by atoms with Crippen LogP contribution in [0.5, 0.6) is 0 Å². The van der Waals surface area contributed by atoms with Gasteiger partial charge in [-0.15, -0.1) is 6.42 Å². The van der Waals surface area contributed by atoms with Crippen molar-refractivity contribution in [3.05, 3.63) is 18.2 Å². The number of nitrogens with zero attached hydrogens (tertiary/aromatic N) is 2. The Morgan fingerprint density at radius 2 is 2.50 bits per heavy atom. The first-order valence-electron chi connectivity index (χ1n) is 4.93. The Labute approximate surface area is 85.5 Å². The quantitative estimate of drug-likeness (QED) is 0.711. The Kier molecular flexibility index (Phi) is 4.21. The monoisotopic (exact) mass is 191 g/mol. The molecule has 0 spiro atoms. The lowest BCUT2D eigenvalue weighted by Gasteiger charge is -2.11. The number of hydrogen-bond donors (Lipinski definition) is 1. The van der Waals surface area contributed by atoms with E-state index >= 15 is 0 Å². The average molecular weight is 191 g/mol. The van der Waals surface area contributed by atoms with E-state index in [9.17, 15) is 0 Å². The van der Waals surface area contributed by atoms with Crippen LogP contribution in [0.1, 0.15) is 25.6 Å². The summed E-state index contributed by atoms with van der Waals surface area (Å²) in [6.45, 7) is 2.87. The fraction of sp³-hybridized carbons (Fsp3) is 0.545. The fourth-order valence-electron chi connectivity index (χ4n) is 1.31. The van der Waals surface area contributed by atoms with Gasteiger partial charge in [0.1, 0.15) is 5.82 Å². The molecule has 0 aliphatic carbocycles. The van der Waals surface area contributed by atoms with Crippen molar-refractivity contribution in [2.75, 3.05) is 0 Å². The van der Waals surface area contributed by atoms with Gasteiger partial charge in [-0.1, -0.05) is 19.3 Å². The van der Waals surface area contributed by atoms with Gasteiger partial charge in [-0.05, 0) is 6.42 Å². The van der Waals surface area contributed by atoms with E-state index in [0.717, 1.165) is 25.2 Å². The zero-order chi connectivity index (χ0) is 10.4. The second-order valence-corrected chi connectivity index (χ2v) is 3.34. The maximum Gasteiger partial charge on any atom is 0.122 e. The minimum atomic E-state index is 0.164. The van der Waals surface area contributed by atoms with Crippen LogP contribution in [0.2, 0.25) is 0 Å². The topological polar surface area (TPSA) is 29.9 Å². The lowest BCUT2D eigenvalue weighted by atomic mass is 10.2. The van der Waals surface area contributed by atoms with Crippen molar-refractivity contribution in [1.82, 2.24) is 14.9 Å². The third kappa shape index (κ3) is 2.90. The van der Waals surface area contributed by atoms with Crippen molar-refractivity contribution in [3.63, 3.8) is 0 Å². The van der Waals surface area contributed by atoms with Gasteiger partial charge in [0.05, 0.1) is 12.6 Å². The second-order valence-electron chi connectivity index (χ2n) is 3.34. The van der Waals surface area contributed by atoms with Gasteiger partial charge in [0.25, 0.3) is 0 Å². The lowest BCUT2D eigenvalue weighted by Crippen LogP contribution is -2.27. The van der Waals surface area contributed by atoms with Crippen molar-refractivity contribution in [3.8, 4) is 12.3 Å². The molecule has 14 heavy (non-hydrogen) atoms. The summed E-state index contributed by atoms with van der Waals surface area (Å²) in [6.07, 6.45) is 11.2. The third-order valence-electron chi connectivity index (χ3n) is 2.21. The number of terminal acetylenes is 1. The zero-order valence-corrected chi connectivity index (χ0v) is 8.83. The highest BCUT2D eigenvalue weighted by molar-refractivity contribution is 5.00. The molecule has 3 nitrogen and oxygen atoms in total. The fourth-order valence-corrected chi connectivity index (χ4v) is 1.31. The zero-order valence-electron chi connectivity index (χ0n) is 8.83. The van der Waals surface area contributed by atoms with Crippen molar-refractivity contribution in [2.45, 2.75) is 32.4 Å². The molecule has 0 radical (unpaired) electrons. The normalized spacial score (nSPS) is 12.4. The molecular weight excluding hydrogens is 174 g/mol. The smallest absolute Gasteiger partial charge is 0.122 e. The van der Waals surface area contributed by atoms with Crippen LogP contribution < -0.4 is 5.32 Å². The standard InChI is InChI=1S/C11H17N3/c1-4-6-10(5-2)13-9-11-12-7-8-14(11)3/h2,7-8,10,13H,4,6,9H2,1,3H3. The molecule has 0 aromatic carbocycles. The molecule has 1 unspecified atom stereocenters. The molecule has 76 valence electrons. The number of imidazole rings is 1. The Hall–Kier alpha value is -1.27. The highest BCUT2D eigenvalue weighted by Crippen LogP contribution is 1.98. The molecule has 0 amide bonds. The molecule has 1 atom stereocenters. The summed E-state index contributed by atoms with van der Waals surface area (Å²) >= 11 is 0. The van der Waals surface area contributed by atoms with Crippen molar-refractivity contribution in [1.29, 1.82) is 0 Å². The van der Waals surface area contributed by atoms with Gasteiger partial charge in [0.2, 0.25) is 0 Å². The first kappa shape index (κ1) is 10.8. The molecule has 1 heterocycles. The predicted molar refractivity (Wildman–Crippen MR) is 57.6 cm³/mol. The first-order valence-corrected chi connectivity index (χ1v) is 4.93. The Morgan fingerprint density at radius 3 is 3.00 bits per heavy atom. The van der Waals surface area contributed by atoms with Crippen LogP contribution in [0.4, 0.5) is 0 Å². The molecule has 0 aliphatic heterocycles. The molecule has 0 bridgehead atoms. The number of hydrogen-bond acceptors (Lipinski definition) is 2. The maximum absolute atomic E-state index is 5.40. The molecule has 1 N–H and O–H groups in total. The lowest BCUT2D eigenvalue weighted by molar-refractivity contribution is 0.543. The van der Waals surface area contributed by atoms with E-state index in [1.807, 2.05) is 17.8 Å². The molecule has 1 aromatic rings. The van der Waals surface area contributed by atoms with Crippen LogP contribution in [0.3, 0.4) is 0 Å². The van der Waals surface area contributed by atoms with Crippen LogP contribution in [-0.4, -0.2) is 15.6 Å². The first-order chi connectivity index (χ1) is 6.77. The Morgan fingerprint density at radius 1 is 1.71 bits per heavy atom. The second kappa shape index (κ2) is 5.46. The average Bonchev–Trinajstić information content (AvgIpc) is 2.59. The van der Waals surface area contributed by atoms with Gasteiger partial charge in [-0.3, -0.25) is 5.32 Å². The highest BCUT2D eigenvalue weighted by atomic mass is 15.1. The molecule has 0 saturated heterocycles. The molecule has 0 fully saturated rings. The molecule has 0 aliphatic rings. The van der Waals surface area contributed by atoms with Gasteiger partial charge >= 0.3 is 0 Å². The summed E-state index contributed by atoms with van der Waals surface area (Å²) in [5.74, 6) is 3.75. The highest BCUT2D eigenvalue weighted by Gasteiger charge is 2.04. The molecule has 1 aromatic heterocycles. The van der Waals surface area contributed by atoms with Gasteiger partial charge in [-0.2, -0.15) is 0 Å². The van der Waals surface area contributed by atoms with Crippen LogP contribution in [0.15, 0.2) is 12.4 Å². The van der Waals surface area contributed by atoms with Crippen molar-refractivity contribution in [2.24, 2.45) is 7.05 Å². The van der Waals surface area contributed by atoms with E-state index < -0.39 is 0 Å². The number of nitrogens with one attached hydrogen (secondary N) is 1. The number of aromatic nitrogens is 2. The summed E-state index contributed by atoms with van der Waals surface area (Å²) in [4.78, 5) is 4.21.